The Balaban J connectivity index is 3.32. The molecule has 0 aliphatic carbocycles. The van der Waals surface area contributed by atoms with E-state index < -0.39 is 47.8 Å². The van der Waals surface area contributed by atoms with Crippen molar-refractivity contribution in [2.45, 2.75) is 48.6 Å². The van der Waals surface area contributed by atoms with Crippen molar-refractivity contribution in [3.63, 3.8) is 0 Å². The minimum atomic E-state index is -7.93. The zero-order chi connectivity index (χ0) is 21.7. The highest BCUT2D eigenvalue weighted by atomic mass is 19.4. The van der Waals surface area contributed by atoms with Crippen LogP contribution in [0.1, 0.15) is 12.8 Å². The Bertz CT molecular complexity index is 607. The van der Waals surface area contributed by atoms with Gasteiger partial charge < -0.3 is 4.90 Å². The molecule has 15 heteroatoms. The van der Waals surface area contributed by atoms with Crippen LogP contribution in [0.3, 0.4) is 0 Å². The zero-order valence-corrected chi connectivity index (χ0v) is 12.5. The summed E-state index contributed by atoms with van der Waals surface area (Å²) < 4.78 is 167. The van der Waals surface area contributed by atoms with Gasteiger partial charge in [-0.3, -0.25) is 4.79 Å². The fourth-order valence-electron chi connectivity index (χ4n) is 1.90. The predicted molar refractivity (Wildman–Crippen MR) is 60.9 cm³/mol. The van der Waals surface area contributed by atoms with Gasteiger partial charge in [0.15, 0.2) is 0 Å². The first-order valence-electron chi connectivity index (χ1n) is 6.68. The molecule has 0 atom stereocenters. The van der Waals surface area contributed by atoms with Gasteiger partial charge in [-0.25, -0.2) is 0 Å². The Labute approximate surface area is 141 Å². The van der Waals surface area contributed by atoms with E-state index in [0.717, 1.165) is 0 Å². The first-order valence-corrected chi connectivity index (χ1v) is 6.68. The summed E-state index contributed by atoms with van der Waals surface area (Å²) in [4.78, 5) is 11.4. The van der Waals surface area contributed by atoms with Gasteiger partial charge in [0.25, 0.3) is 0 Å². The average molecular weight is 429 g/mol. The largest absolute Gasteiger partial charge is 0.460 e. The van der Waals surface area contributed by atoms with E-state index >= 15 is 0 Å². The second-order valence-electron chi connectivity index (χ2n) is 5.42. The van der Waals surface area contributed by atoms with Crippen LogP contribution in [0.5, 0.6) is 0 Å². The highest BCUT2D eigenvalue weighted by Gasteiger charge is 2.90. The molecule has 158 valence electrons. The third kappa shape index (κ3) is 3.44. The van der Waals surface area contributed by atoms with Crippen LogP contribution in [0.25, 0.3) is 0 Å². The lowest BCUT2D eigenvalue weighted by atomic mass is 9.94. The standard InChI is InChI=1S/C12H8F13NO/c13-7(14,3-5-26-4-1-2-6(26)27)8(15,16)9(17,18)10(19,20)11(21,22)12(23,24)25/h3,5H,1-2,4H2/b5-3+. The third-order valence-electron chi connectivity index (χ3n) is 3.53. The monoisotopic (exact) mass is 429 g/mol. The van der Waals surface area contributed by atoms with Crippen molar-refractivity contribution in [2.75, 3.05) is 6.54 Å². The van der Waals surface area contributed by atoms with Crippen molar-refractivity contribution in [3.05, 3.63) is 12.3 Å². The maximum absolute atomic E-state index is 13.4. The number of rotatable bonds is 6. The molecule has 1 amide bonds. The zero-order valence-electron chi connectivity index (χ0n) is 12.5. The first kappa shape index (κ1) is 23.3. The van der Waals surface area contributed by atoms with Crippen LogP contribution in [0.2, 0.25) is 0 Å². The number of carbonyl (C=O) groups is 1. The molecule has 1 saturated heterocycles. The van der Waals surface area contributed by atoms with E-state index in [1.54, 1.807) is 0 Å². The van der Waals surface area contributed by atoms with Gasteiger partial charge in [0, 0.05) is 25.2 Å². The summed E-state index contributed by atoms with van der Waals surface area (Å²) in [5.74, 6) is -38.1. The molecule has 0 radical (unpaired) electrons. The molecule has 0 aromatic carbocycles. The van der Waals surface area contributed by atoms with Crippen molar-refractivity contribution >= 4 is 5.91 Å². The van der Waals surface area contributed by atoms with Crippen LogP contribution in [0.15, 0.2) is 12.3 Å². The highest BCUT2D eigenvalue weighted by molar-refractivity contribution is 5.79. The van der Waals surface area contributed by atoms with Gasteiger partial charge in [-0.2, -0.15) is 57.1 Å². The maximum atomic E-state index is 13.4. The third-order valence-corrected chi connectivity index (χ3v) is 3.53. The molecule has 1 rings (SSSR count). The molecule has 0 saturated carbocycles. The van der Waals surface area contributed by atoms with E-state index in [1.165, 1.54) is 0 Å². The summed E-state index contributed by atoms with van der Waals surface area (Å²) in [6.07, 6.45) is -8.94. The van der Waals surface area contributed by atoms with Gasteiger partial charge in [0.1, 0.15) is 0 Å². The Hall–Kier alpha value is -1.70. The van der Waals surface area contributed by atoms with E-state index in [9.17, 15) is 61.9 Å². The summed E-state index contributed by atoms with van der Waals surface area (Å²) in [5.41, 5.74) is 0. The molecular formula is C12H8F13NO. The second-order valence-corrected chi connectivity index (χ2v) is 5.42. The van der Waals surface area contributed by atoms with Crippen LogP contribution < -0.4 is 0 Å². The Morgan fingerprint density at radius 1 is 0.704 bits per heavy atom. The van der Waals surface area contributed by atoms with Gasteiger partial charge in [-0.1, -0.05) is 0 Å². The maximum Gasteiger partial charge on any atom is 0.460 e. The smallest absolute Gasteiger partial charge is 0.319 e. The van der Waals surface area contributed by atoms with Crippen LogP contribution >= 0.6 is 0 Å². The van der Waals surface area contributed by atoms with Crippen LogP contribution in [-0.2, 0) is 4.79 Å². The van der Waals surface area contributed by atoms with Crippen molar-refractivity contribution in [1.29, 1.82) is 0 Å². The topological polar surface area (TPSA) is 20.3 Å². The van der Waals surface area contributed by atoms with Crippen LogP contribution in [0, 0.1) is 0 Å². The molecule has 1 heterocycles. The summed E-state index contributed by atoms with van der Waals surface area (Å²) in [7, 11) is 0. The molecule has 1 aliphatic heterocycles. The van der Waals surface area contributed by atoms with Crippen molar-refractivity contribution < 1.29 is 61.9 Å². The lowest BCUT2D eigenvalue weighted by Crippen LogP contribution is -2.69. The molecule has 27 heavy (non-hydrogen) atoms. The van der Waals surface area contributed by atoms with Gasteiger partial charge in [-0.05, 0) is 6.42 Å². The Morgan fingerprint density at radius 2 is 1.15 bits per heavy atom. The number of alkyl halides is 13. The first-order chi connectivity index (χ1) is 11.7. The lowest BCUT2D eigenvalue weighted by Gasteiger charge is -2.39. The summed E-state index contributed by atoms with van der Waals surface area (Å²) in [5, 5.41) is 0. The summed E-state index contributed by atoms with van der Waals surface area (Å²) >= 11 is 0. The molecule has 2 nitrogen and oxygen atoms in total. The molecule has 0 spiro atoms. The predicted octanol–water partition coefficient (Wildman–Crippen LogP) is 4.86. The number of amides is 1. The van der Waals surface area contributed by atoms with E-state index in [4.69, 9.17) is 0 Å². The fourth-order valence-corrected chi connectivity index (χ4v) is 1.90. The molecule has 1 fully saturated rings. The van der Waals surface area contributed by atoms with E-state index in [-0.39, 0.29) is 25.6 Å². The van der Waals surface area contributed by atoms with Gasteiger partial charge in [0.2, 0.25) is 5.91 Å². The summed E-state index contributed by atoms with van der Waals surface area (Å²) in [6, 6.07) is 0. The normalized spacial score (nSPS) is 18.7. The number of allylic oxidation sites excluding steroid dienone is 1. The molecule has 1 aliphatic rings. The van der Waals surface area contributed by atoms with Crippen molar-refractivity contribution in [2.24, 2.45) is 0 Å². The Morgan fingerprint density at radius 3 is 1.52 bits per heavy atom. The summed E-state index contributed by atoms with van der Waals surface area (Å²) in [6.45, 7) is -0.324. The molecule has 0 N–H and O–H groups in total. The number of nitrogens with zero attached hydrogens (tertiary/aromatic N) is 1. The SMILES string of the molecule is O=C1CCCN1/C=C/C(F)(F)C(F)(F)C(F)(F)C(F)(F)C(F)(F)C(F)(F)F. The van der Waals surface area contributed by atoms with Crippen LogP contribution in [0.4, 0.5) is 57.1 Å². The molecular weight excluding hydrogens is 421 g/mol. The minimum absolute atomic E-state index is 0.0528. The number of hydrogen-bond acceptors (Lipinski definition) is 1. The van der Waals surface area contributed by atoms with Gasteiger partial charge in [-0.15, -0.1) is 0 Å². The van der Waals surface area contributed by atoms with E-state index in [2.05, 4.69) is 0 Å². The lowest BCUT2D eigenvalue weighted by molar-refractivity contribution is -0.436. The number of halogens is 13. The molecule has 0 aromatic rings. The van der Waals surface area contributed by atoms with Crippen molar-refractivity contribution in [3.8, 4) is 0 Å². The molecule has 0 aromatic heterocycles. The fraction of sp³-hybridized carbons (Fsp3) is 0.750. The molecule has 0 bridgehead atoms. The Kier molecular flexibility index (Phi) is 5.56. The minimum Gasteiger partial charge on any atom is -0.319 e. The number of likely N-dealkylation sites (tertiary alicyclic amines) is 1. The quantitative estimate of drug-likeness (QED) is 0.553. The number of hydrogen-bond donors (Lipinski definition) is 0. The van der Waals surface area contributed by atoms with E-state index in [0.29, 0.717) is 4.90 Å². The van der Waals surface area contributed by atoms with Gasteiger partial charge >= 0.3 is 35.8 Å². The van der Waals surface area contributed by atoms with Crippen molar-refractivity contribution in [1.82, 2.24) is 4.90 Å². The van der Waals surface area contributed by atoms with E-state index in [1.807, 2.05) is 0 Å². The van der Waals surface area contributed by atoms with Crippen LogP contribution in [-0.4, -0.2) is 53.1 Å². The average Bonchev–Trinajstić information content (AvgIpc) is 2.88. The highest BCUT2D eigenvalue weighted by Crippen LogP contribution is 2.60. The molecule has 0 unspecified atom stereocenters. The second kappa shape index (κ2) is 6.43. The number of carbonyl (C=O) groups excluding carboxylic acids is 1. The van der Waals surface area contributed by atoms with Gasteiger partial charge in [0.05, 0.1) is 0 Å².